The molecule has 12 heteroatoms. The van der Waals surface area contributed by atoms with E-state index in [9.17, 15) is 27.6 Å². The standard InChI is InChI=1S/C34H40N4O7S/c1-38-17-8-3-2-7-13-24-21-34(24,32(41)37-46(43,44)27-15-16-27)36-30(39)28-19-26(20-29(28)31(38)40)45-33(42)35-25-14-9-12-23(18-25)22-10-5-4-6-11-22/h4-7,9-14,18,24,26-29H,2-3,8,15-17,19-21H2,1H3,(H,35,42)(H,36,39)(H,37,41)/b13-7+/t24-,26-,28-,29-,34-/m1/s1. The summed E-state index contributed by atoms with van der Waals surface area (Å²) < 4.78 is 33.2. The van der Waals surface area contributed by atoms with Gasteiger partial charge in [-0.3, -0.25) is 24.4 Å². The van der Waals surface area contributed by atoms with Gasteiger partial charge in [-0.15, -0.1) is 0 Å². The number of sulfonamides is 1. The highest BCUT2D eigenvalue weighted by Gasteiger charge is 2.62. The number of nitrogens with zero attached hydrogens (tertiary/aromatic N) is 1. The van der Waals surface area contributed by atoms with Crippen LogP contribution in [-0.2, 0) is 29.1 Å². The summed E-state index contributed by atoms with van der Waals surface area (Å²) in [7, 11) is -2.12. The van der Waals surface area contributed by atoms with Crippen LogP contribution in [0, 0.1) is 17.8 Å². The summed E-state index contributed by atoms with van der Waals surface area (Å²) in [4.78, 5) is 55.5. The first-order valence-electron chi connectivity index (χ1n) is 16.0. The number of hydrogen-bond donors (Lipinski definition) is 3. The van der Waals surface area contributed by atoms with E-state index in [0.29, 0.717) is 25.1 Å². The van der Waals surface area contributed by atoms with Gasteiger partial charge in [0.05, 0.1) is 17.1 Å². The van der Waals surface area contributed by atoms with Crippen LogP contribution in [0.5, 0.6) is 0 Å². The molecule has 2 aromatic rings. The Morgan fingerprint density at radius 2 is 1.72 bits per heavy atom. The molecule has 4 amide bonds. The third-order valence-corrected chi connectivity index (χ3v) is 11.3. The molecule has 0 unspecified atom stereocenters. The normalized spacial score (nSPS) is 28.9. The molecule has 46 heavy (non-hydrogen) atoms. The van der Waals surface area contributed by atoms with Gasteiger partial charge in [-0.2, -0.15) is 0 Å². The molecule has 0 bridgehead atoms. The van der Waals surface area contributed by atoms with Crippen LogP contribution < -0.4 is 15.4 Å². The van der Waals surface area contributed by atoms with Crippen molar-refractivity contribution in [3.05, 3.63) is 66.7 Å². The number of allylic oxidation sites excluding steroid dienone is 1. The van der Waals surface area contributed by atoms with Crippen LogP contribution in [0.2, 0.25) is 0 Å². The van der Waals surface area contributed by atoms with E-state index in [-0.39, 0.29) is 31.1 Å². The first-order chi connectivity index (χ1) is 22.1. The van der Waals surface area contributed by atoms with Gasteiger partial charge >= 0.3 is 6.09 Å². The van der Waals surface area contributed by atoms with E-state index in [1.807, 2.05) is 60.7 Å². The third kappa shape index (κ3) is 6.96. The summed E-state index contributed by atoms with van der Waals surface area (Å²) in [5, 5.41) is 5.02. The van der Waals surface area contributed by atoms with E-state index in [0.717, 1.165) is 30.4 Å². The van der Waals surface area contributed by atoms with Crippen molar-refractivity contribution < 1.29 is 32.3 Å². The van der Waals surface area contributed by atoms with Crippen LogP contribution in [0.1, 0.15) is 51.4 Å². The van der Waals surface area contributed by atoms with Crippen LogP contribution >= 0.6 is 0 Å². The van der Waals surface area contributed by atoms with E-state index < -0.39 is 56.7 Å². The predicted octanol–water partition coefficient (Wildman–Crippen LogP) is 3.98. The Morgan fingerprint density at radius 3 is 2.48 bits per heavy atom. The number of benzene rings is 2. The Morgan fingerprint density at radius 1 is 0.978 bits per heavy atom. The zero-order valence-electron chi connectivity index (χ0n) is 25.8. The fourth-order valence-corrected chi connectivity index (χ4v) is 7.96. The highest BCUT2D eigenvalue weighted by Crippen LogP contribution is 2.47. The fraction of sp³-hybridized carbons (Fsp3) is 0.471. The summed E-state index contributed by atoms with van der Waals surface area (Å²) in [5.41, 5.74) is 1.04. The highest BCUT2D eigenvalue weighted by molar-refractivity contribution is 7.91. The number of rotatable bonds is 6. The quantitative estimate of drug-likeness (QED) is 0.401. The molecule has 2 aromatic carbocycles. The Balaban J connectivity index is 1.18. The molecular weight excluding hydrogens is 608 g/mol. The van der Waals surface area contributed by atoms with Crippen molar-refractivity contribution in [2.75, 3.05) is 18.9 Å². The van der Waals surface area contributed by atoms with Gasteiger partial charge in [-0.05, 0) is 74.6 Å². The molecule has 1 aliphatic heterocycles. The molecule has 244 valence electrons. The molecule has 11 nitrogen and oxygen atoms in total. The van der Waals surface area contributed by atoms with Gasteiger partial charge in [0.1, 0.15) is 11.6 Å². The Labute approximate surface area is 269 Å². The lowest BCUT2D eigenvalue weighted by Crippen LogP contribution is -2.54. The molecule has 0 saturated heterocycles. The van der Waals surface area contributed by atoms with Gasteiger partial charge in [0.25, 0.3) is 5.91 Å². The number of carbonyl (C=O) groups is 4. The van der Waals surface area contributed by atoms with Crippen molar-refractivity contribution in [3.63, 3.8) is 0 Å². The lowest BCUT2D eigenvalue weighted by molar-refractivity contribution is -0.140. The fourth-order valence-electron chi connectivity index (χ4n) is 6.60. The minimum atomic E-state index is -3.83. The molecule has 5 atom stereocenters. The first-order valence-corrected chi connectivity index (χ1v) is 17.5. The SMILES string of the molecule is CN1CCCC/C=C/[C@@H]2C[C@@]2(C(=O)NS(=O)(=O)C2CC2)NC(=O)[C@@H]2C[C@@H](OC(=O)Nc3cccc(-c4ccccc4)c3)C[C@H]2C1=O. The molecule has 3 aliphatic carbocycles. The maximum absolute atomic E-state index is 13.9. The second-order valence-corrected chi connectivity index (χ2v) is 14.9. The average Bonchev–Trinajstić information content (AvgIpc) is 3.96. The number of hydrogen-bond acceptors (Lipinski definition) is 7. The number of fused-ring (bicyclic) bond motifs is 2. The molecule has 6 rings (SSSR count). The van der Waals surface area contributed by atoms with Crippen LogP contribution in [-0.4, -0.2) is 67.6 Å². The summed E-state index contributed by atoms with van der Waals surface area (Å²) in [6, 6.07) is 17.1. The lowest BCUT2D eigenvalue weighted by Gasteiger charge is -2.26. The van der Waals surface area contributed by atoms with Crippen molar-refractivity contribution in [2.24, 2.45) is 17.8 Å². The molecule has 4 aliphatic rings. The van der Waals surface area contributed by atoms with Crippen LogP contribution in [0.4, 0.5) is 10.5 Å². The third-order valence-electron chi connectivity index (χ3n) is 9.49. The van der Waals surface area contributed by atoms with Crippen molar-refractivity contribution in [2.45, 2.75) is 68.3 Å². The molecule has 0 radical (unpaired) electrons. The topological polar surface area (TPSA) is 151 Å². The van der Waals surface area contributed by atoms with Crippen molar-refractivity contribution >= 4 is 39.5 Å². The summed E-state index contributed by atoms with van der Waals surface area (Å²) >= 11 is 0. The van der Waals surface area contributed by atoms with Gasteiger partial charge in [-0.1, -0.05) is 54.6 Å². The minimum absolute atomic E-state index is 0.0894. The predicted molar refractivity (Wildman–Crippen MR) is 172 cm³/mol. The van der Waals surface area contributed by atoms with Gasteiger partial charge in [0.15, 0.2) is 0 Å². The van der Waals surface area contributed by atoms with Crippen LogP contribution in [0.3, 0.4) is 0 Å². The van der Waals surface area contributed by atoms with Gasteiger partial charge in [0.2, 0.25) is 21.8 Å². The van der Waals surface area contributed by atoms with Crippen molar-refractivity contribution in [1.82, 2.24) is 14.9 Å². The molecule has 3 fully saturated rings. The largest absolute Gasteiger partial charge is 0.446 e. The van der Waals surface area contributed by atoms with E-state index in [2.05, 4.69) is 15.4 Å². The van der Waals surface area contributed by atoms with E-state index in [4.69, 9.17) is 4.74 Å². The van der Waals surface area contributed by atoms with Gasteiger partial charge in [0, 0.05) is 25.2 Å². The van der Waals surface area contributed by atoms with E-state index >= 15 is 0 Å². The molecule has 3 saturated carbocycles. The minimum Gasteiger partial charge on any atom is -0.446 e. The summed E-state index contributed by atoms with van der Waals surface area (Å²) in [6.07, 6.45) is 6.22. The number of anilines is 1. The zero-order valence-corrected chi connectivity index (χ0v) is 26.6. The van der Waals surface area contributed by atoms with Gasteiger partial charge in [-0.25, -0.2) is 13.2 Å². The van der Waals surface area contributed by atoms with Crippen LogP contribution in [0.15, 0.2) is 66.7 Å². The molecular formula is C34H40N4O7S. The average molecular weight is 649 g/mol. The monoisotopic (exact) mass is 648 g/mol. The molecule has 0 aromatic heterocycles. The van der Waals surface area contributed by atoms with Crippen molar-refractivity contribution in [3.8, 4) is 11.1 Å². The Hall–Kier alpha value is -4.19. The molecule has 3 N–H and O–H groups in total. The first kappa shape index (κ1) is 31.8. The number of amides is 4. The zero-order chi connectivity index (χ0) is 32.5. The second-order valence-electron chi connectivity index (χ2n) is 12.9. The second kappa shape index (κ2) is 12.9. The highest BCUT2D eigenvalue weighted by atomic mass is 32.2. The molecule has 0 spiro atoms. The van der Waals surface area contributed by atoms with Gasteiger partial charge < -0.3 is 15.0 Å². The van der Waals surface area contributed by atoms with E-state index in [1.165, 1.54) is 0 Å². The molecule has 1 heterocycles. The maximum atomic E-state index is 13.9. The summed E-state index contributed by atoms with van der Waals surface area (Å²) in [6.45, 7) is 0.524. The maximum Gasteiger partial charge on any atom is 0.411 e. The van der Waals surface area contributed by atoms with E-state index in [1.54, 1.807) is 18.0 Å². The smallest absolute Gasteiger partial charge is 0.411 e. The Kier molecular flexibility index (Phi) is 8.91. The number of carbonyl (C=O) groups excluding carboxylic acids is 4. The lowest BCUT2D eigenvalue weighted by atomic mass is 9.93. The van der Waals surface area contributed by atoms with Crippen molar-refractivity contribution in [1.29, 1.82) is 0 Å². The number of ether oxygens (including phenoxy) is 1. The number of nitrogens with one attached hydrogen (secondary N) is 3. The summed E-state index contributed by atoms with van der Waals surface area (Å²) in [5.74, 6) is -3.51. The Bertz CT molecular complexity index is 1640. The van der Waals surface area contributed by atoms with Crippen LogP contribution in [0.25, 0.3) is 11.1 Å².